The summed E-state index contributed by atoms with van der Waals surface area (Å²) < 4.78 is 5.07. The number of hydrogen-bond donors (Lipinski definition) is 2. The van der Waals surface area contributed by atoms with Crippen molar-refractivity contribution in [2.75, 3.05) is 0 Å². The fourth-order valence-corrected chi connectivity index (χ4v) is 1.88. The van der Waals surface area contributed by atoms with E-state index in [0.717, 1.165) is 0 Å². The fourth-order valence-electron chi connectivity index (χ4n) is 1.88. The van der Waals surface area contributed by atoms with Gasteiger partial charge in [-0.15, -0.1) is 0 Å². The van der Waals surface area contributed by atoms with Crippen LogP contribution < -0.4 is 10.6 Å². The summed E-state index contributed by atoms with van der Waals surface area (Å²) in [5, 5.41) is 4.62. The lowest BCUT2D eigenvalue weighted by Crippen LogP contribution is -2.46. The molecule has 0 fully saturated rings. The number of fused-ring (bicyclic) bond motifs is 1. The maximum atomic E-state index is 12.1. The first-order chi connectivity index (χ1) is 11.4. The van der Waals surface area contributed by atoms with Gasteiger partial charge in [0.05, 0.1) is 16.6 Å². The number of carbonyl (C=O) groups is 3. The topological polar surface area (TPSA) is 110 Å². The number of urea groups is 1. The molecule has 0 aliphatic heterocycles. The molecule has 1 aromatic carbocycles. The lowest BCUT2D eigenvalue weighted by molar-refractivity contribution is -0.127. The molecule has 126 valence electrons. The molecule has 0 radical (unpaired) electrons. The summed E-state index contributed by atoms with van der Waals surface area (Å²) in [6.07, 6.45) is 1.95. The number of amides is 3. The third-order valence-corrected chi connectivity index (χ3v) is 3.01. The number of nitrogens with zero attached hydrogens (tertiary/aromatic N) is 2. The summed E-state index contributed by atoms with van der Waals surface area (Å²) in [6.45, 7) is 4.91. The third-order valence-electron chi connectivity index (χ3n) is 3.01. The first-order valence-corrected chi connectivity index (χ1v) is 7.40. The van der Waals surface area contributed by atoms with E-state index in [0.29, 0.717) is 11.0 Å². The van der Waals surface area contributed by atoms with E-state index >= 15 is 0 Å². The van der Waals surface area contributed by atoms with Crippen LogP contribution in [-0.4, -0.2) is 40.0 Å². The minimum atomic E-state index is -1.12. The number of rotatable bonds is 4. The van der Waals surface area contributed by atoms with Crippen molar-refractivity contribution in [3.05, 3.63) is 36.2 Å². The molecule has 8 heteroatoms. The average molecular weight is 330 g/mol. The van der Waals surface area contributed by atoms with E-state index in [4.69, 9.17) is 4.74 Å². The van der Waals surface area contributed by atoms with Crippen LogP contribution in [0.1, 0.15) is 31.1 Å². The van der Waals surface area contributed by atoms with Crippen molar-refractivity contribution in [3.63, 3.8) is 0 Å². The second-order valence-corrected chi connectivity index (χ2v) is 5.42. The normalized spacial score (nSPS) is 11.8. The van der Waals surface area contributed by atoms with E-state index in [9.17, 15) is 14.4 Å². The number of aromatic nitrogens is 2. The minimum absolute atomic E-state index is 0.116. The fraction of sp³-hybridized carbons (Fsp3) is 0.312. The van der Waals surface area contributed by atoms with E-state index in [1.807, 2.05) is 0 Å². The largest absolute Gasteiger partial charge is 0.449 e. The highest BCUT2D eigenvalue weighted by Crippen LogP contribution is 2.12. The summed E-state index contributed by atoms with van der Waals surface area (Å²) in [5.74, 6) is -1.39. The highest BCUT2D eigenvalue weighted by atomic mass is 16.5. The Hall–Kier alpha value is -3.03. The van der Waals surface area contributed by atoms with Crippen molar-refractivity contribution in [1.82, 2.24) is 20.6 Å². The van der Waals surface area contributed by atoms with Crippen LogP contribution in [0.2, 0.25) is 0 Å². The number of benzene rings is 1. The maximum Gasteiger partial charge on any atom is 0.338 e. The summed E-state index contributed by atoms with van der Waals surface area (Å²) in [5.41, 5.74) is 1.43. The molecule has 1 aromatic heterocycles. The van der Waals surface area contributed by atoms with Gasteiger partial charge in [-0.3, -0.25) is 20.1 Å². The van der Waals surface area contributed by atoms with Crippen molar-refractivity contribution in [1.29, 1.82) is 0 Å². The third kappa shape index (κ3) is 4.48. The van der Waals surface area contributed by atoms with Gasteiger partial charge in [0.25, 0.3) is 5.91 Å². The highest BCUT2D eigenvalue weighted by molar-refractivity contribution is 5.99. The molecular formula is C16H18N4O4. The zero-order chi connectivity index (χ0) is 17.7. The molecule has 8 nitrogen and oxygen atoms in total. The Morgan fingerprint density at radius 1 is 1.04 bits per heavy atom. The zero-order valence-corrected chi connectivity index (χ0v) is 13.6. The van der Waals surface area contributed by atoms with E-state index < -0.39 is 24.0 Å². The van der Waals surface area contributed by atoms with Crippen LogP contribution in [0.25, 0.3) is 11.0 Å². The number of nitrogens with one attached hydrogen (secondary N) is 2. The van der Waals surface area contributed by atoms with E-state index in [1.54, 1.807) is 26.1 Å². The summed E-state index contributed by atoms with van der Waals surface area (Å²) in [6, 6.07) is 3.95. The smallest absolute Gasteiger partial charge is 0.338 e. The van der Waals surface area contributed by atoms with Crippen molar-refractivity contribution in [2.24, 2.45) is 0 Å². The minimum Gasteiger partial charge on any atom is -0.449 e. The van der Waals surface area contributed by atoms with Crippen molar-refractivity contribution < 1.29 is 19.1 Å². The summed E-state index contributed by atoms with van der Waals surface area (Å²) in [4.78, 5) is 43.6. The molecule has 3 amide bonds. The number of hydrogen-bond acceptors (Lipinski definition) is 6. The molecule has 0 aliphatic carbocycles. The molecule has 0 aliphatic rings. The Kier molecular flexibility index (Phi) is 5.41. The quantitative estimate of drug-likeness (QED) is 0.820. The molecule has 2 aromatic rings. The molecule has 0 saturated carbocycles. The Morgan fingerprint density at radius 3 is 2.38 bits per heavy atom. The van der Waals surface area contributed by atoms with Gasteiger partial charge in [-0.2, -0.15) is 0 Å². The first kappa shape index (κ1) is 17.3. The lowest BCUT2D eigenvalue weighted by Gasteiger charge is -2.14. The van der Waals surface area contributed by atoms with Gasteiger partial charge >= 0.3 is 12.0 Å². The van der Waals surface area contributed by atoms with Crippen LogP contribution in [0.3, 0.4) is 0 Å². The first-order valence-electron chi connectivity index (χ1n) is 7.40. The zero-order valence-electron chi connectivity index (χ0n) is 13.6. The molecule has 2 rings (SSSR count). The van der Waals surface area contributed by atoms with Crippen LogP contribution in [-0.2, 0) is 9.53 Å². The molecule has 0 unspecified atom stereocenters. The van der Waals surface area contributed by atoms with Gasteiger partial charge in [0, 0.05) is 18.4 Å². The average Bonchev–Trinajstić information content (AvgIpc) is 2.53. The second kappa shape index (κ2) is 7.49. The number of imide groups is 1. The monoisotopic (exact) mass is 330 g/mol. The number of carbonyl (C=O) groups excluding carboxylic acids is 3. The highest BCUT2D eigenvalue weighted by Gasteiger charge is 2.21. The molecule has 2 N–H and O–H groups in total. The van der Waals surface area contributed by atoms with Gasteiger partial charge in [0.1, 0.15) is 0 Å². The molecule has 0 saturated heterocycles. The SMILES string of the molecule is CC(C)NC(=O)NC(=O)[C@@H](C)OC(=O)c1ccc2nccnc2c1. The predicted octanol–water partition coefficient (Wildman–Crippen LogP) is 1.41. The second-order valence-electron chi connectivity index (χ2n) is 5.42. The van der Waals surface area contributed by atoms with Gasteiger partial charge in [-0.05, 0) is 39.0 Å². The standard InChI is InChI=1S/C16H18N4O4/c1-9(2)19-16(23)20-14(21)10(3)24-15(22)11-4-5-12-13(8-11)18-7-6-17-12/h4-10H,1-3H3,(H2,19,20,21,23)/t10-/m1/s1. The van der Waals surface area contributed by atoms with Crippen molar-refractivity contribution >= 4 is 28.9 Å². The van der Waals surface area contributed by atoms with Gasteiger partial charge in [-0.1, -0.05) is 0 Å². The van der Waals surface area contributed by atoms with Gasteiger partial charge in [0.15, 0.2) is 6.10 Å². The van der Waals surface area contributed by atoms with Crippen LogP contribution in [0.15, 0.2) is 30.6 Å². The molecule has 0 spiro atoms. The number of esters is 1. The Balaban J connectivity index is 1.99. The van der Waals surface area contributed by atoms with Gasteiger partial charge in [-0.25, -0.2) is 9.59 Å². The van der Waals surface area contributed by atoms with E-state index in [2.05, 4.69) is 20.6 Å². The van der Waals surface area contributed by atoms with Crippen LogP contribution >= 0.6 is 0 Å². The number of ether oxygens (including phenoxy) is 1. The van der Waals surface area contributed by atoms with Crippen molar-refractivity contribution in [3.8, 4) is 0 Å². The van der Waals surface area contributed by atoms with Crippen LogP contribution in [0.4, 0.5) is 4.79 Å². The van der Waals surface area contributed by atoms with Gasteiger partial charge < -0.3 is 10.1 Å². The molecule has 24 heavy (non-hydrogen) atoms. The van der Waals surface area contributed by atoms with Crippen LogP contribution in [0.5, 0.6) is 0 Å². The van der Waals surface area contributed by atoms with Gasteiger partial charge in [0.2, 0.25) is 0 Å². The lowest BCUT2D eigenvalue weighted by atomic mass is 10.2. The van der Waals surface area contributed by atoms with E-state index in [1.165, 1.54) is 25.3 Å². The Morgan fingerprint density at radius 2 is 1.71 bits per heavy atom. The van der Waals surface area contributed by atoms with Crippen LogP contribution in [0, 0.1) is 0 Å². The maximum absolute atomic E-state index is 12.1. The van der Waals surface area contributed by atoms with E-state index in [-0.39, 0.29) is 11.6 Å². The summed E-state index contributed by atoms with van der Waals surface area (Å²) >= 11 is 0. The summed E-state index contributed by atoms with van der Waals surface area (Å²) in [7, 11) is 0. The molecule has 0 bridgehead atoms. The molecule has 1 atom stereocenters. The Bertz CT molecular complexity index is 776. The molecular weight excluding hydrogens is 312 g/mol. The van der Waals surface area contributed by atoms with Crippen molar-refractivity contribution in [2.45, 2.75) is 32.9 Å². The Labute approximate surface area is 138 Å². The predicted molar refractivity (Wildman–Crippen MR) is 86.2 cm³/mol. The molecule has 1 heterocycles.